The molecular weight excluding hydrogens is 585 g/mol. The molecule has 45 heavy (non-hydrogen) atoms. The van der Waals surface area contributed by atoms with Crippen LogP contribution in [0.5, 0.6) is 0 Å². The third-order valence-corrected chi connectivity index (χ3v) is 7.07. The lowest BCUT2D eigenvalue weighted by Crippen LogP contribution is -2.27. The number of amides is 1. The maximum Gasteiger partial charge on any atom is 0.416 e. The number of aryl methyl sites for hydroxylation is 3. The van der Waals surface area contributed by atoms with Crippen molar-refractivity contribution >= 4 is 28.5 Å². The second-order valence-electron chi connectivity index (χ2n) is 12.0. The van der Waals surface area contributed by atoms with E-state index in [1.54, 1.807) is 51.4 Å². The summed E-state index contributed by atoms with van der Waals surface area (Å²) >= 11 is 0. The highest BCUT2D eigenvalue weighted by atomic mass is 19.4. The molecule has 4 aromatic rings. The lowest BCUT2D eigenvalue weighted by Gasteiger charge is -2.22. The molecule has 0 saturated heterocycles. The summed E-state index contributed by atoms with van der Waals surface area (Å²) in [5, 5.41) is 9.39. The first-order valence-electron chi connectivity index (χ1n) is 14.7. The number of hydrogen-bond acceptors (Lipinski definition) is 7. The van der Waals surface area contributed by atoms with Crippen LogP contribution in [-0.2, 0) is 17.5 Å². The molecule has 2 aromatic carbocycles. The molecule has 4 rings (SSSR count). The summed E-state index contributed by atoms with van der Waals surface area (Å²) in [6, 6.07) is 10.00. The third kappa shape index (κ3) is 8.59. The van der Waals surface area contributed by atoms with Gasteiger partial charge in [-0.15, -0.1) is 0 Å². The van der Waals surface area contributed by atoms with Gasteiger partial charge in [-0.3, -0.25) is 10.1 Å². The molecule has 1 amide bonds. The van der Waals surface area contributed by atoms with E-state index in [1.807, 2.05) is 32.2 Å². The number of carbonyl (C=O) groups is 1. The van der Waals surface area contributed by atoms with E-state index >= 15 is 0 Å². The van der Waals surface area contributed by atoms with Crippen molar-refractivity contribution in [3.8, 4) is 11.1 Å². The number of benzene rings is 2. The van der Waals surface area contributed by atoms with Crippen LogP contribution in [0.1, 0.15) is 62.7 Å². The van der Waals surface area contributed by atoms with E-state index in [1.165, 1.54) is 6.07 Å². The molecule has 9 nitrogen and oxygen atoms in total. The van der Waals surface area contributed by atoms with E-state index in [0.29, 0.717) is 29.1 Å². The van der Waals surface area contributed by atoms with Crippen molar-refractivity contribution in [3.05, 3.63) is 81.5 Å². The zero-order valence-corrected chi connectivity index (χ0v) is 26.5. The molecule has 0 saturated carbocycles. The van der Waals surface area contributed by atoms with E-state index in [-0.39, 0.29) is 16.8 Å². The minimum absolute atomic E-state index is 0.0509. The molecule has 0 unspecified atom stereocenters. The summed E-state index contributed by atoms with van der Waals surface area (Å²) in [6.45, 7) is 11.8. The molecule has 240 valence electrons. The van der Waals surface area contributed by atoms with Crippen molar-refractivity contribution in [3.63, 3.8) is 0 Å². The summed E-state index contributed by atoms with van der Waals surface area (Å²) in [6.07, 6.45) is -2.91. The van der Waals surface area contributed by atoms with Crippen LogP contribution in [0.3, 0.4) is 0 Å². The molecule has 2 aromatic heterocycles. The van der Waals surface area contributed by atoms with Crippen LogP contribution in [0.4, 0.5) is 29.5 Å². The lowest BCUT2D eigenvalue weighted by molar-refractivity contribution is -0.137. The quantitative estimate of drug-likeness (QED) is 0.169. The fourth-order valence-corrected chi connectivity index (χ4v) is 4.95. The number of anilines is 2. The van der Waals surface area contributed by atoms with E-state index in [4.69, 9.17) is 4.74 Å². The fraction of sp³-hybridized carbons (Fsp3) is 0.394. The zero-order chi connectivity index (χ0) is 33.1. The number of halogens is 3. The number of nitrogens with zero attached hydrogens (tertiary/aromatic N) is 3. The van der Waals surface area contributed by atoms with Gasteiger partial charge in [-0.2, -0.15) is 13.2 Å². The Morgan fingerprint density at radius 3 is 2.42 bits per heavy atom. The normalized spacial score (nSPS) is 12.7. The minimum Gasteiger partial charge on any atom is -0.444 e. The van der Waals surface area contributed by atoms with E-state index in [0.717, 1.165) is 41.8 Å². The second-order valence-corrected chi connectivity index (χ2v) is 12.0. The lowest BCUT2D eigenvalue weighted by atomic mass is 9.98. The maximum atomic E-state index is 13.9. The predicted molar refractivity (Wildman–Crippen MR) is 171 cm³/mol. The standard InChI is InChI=1S/C33H39F3N6O3/c1-19-13-28-27(18-26(19)22-9-12-42(29(43)16-22)11-8-10-37-7)30(40-21(3)39-28)38-20(2)23-14-24(33(34,35)36)17-25(15-23)41-31(44)45-32(4,5)6/h9,12-18,20,37H,8,10-11H2,1-7H3,(H,41,44)(H,38,39,40)/t20-/m1/s1. The van der Waals surface area contributed by atoms with Gasteiger partial charge in [0.25, 0.3) is 5.56 Å². The van der Waals surface area contributed by atoms with Crippen LogP contribution >= 0.6 is 0 Å². The van der Waals surface area contributed by atoms with Gasteiger partial charge in [-0.05, 0) is 120 Å². The van der Waals surface area contributed by atoms with Gasteiger partial charge in [0.15, 0.2) is 0 Å². The molecule has 0 aliphatic carbocycles. The molecule has 0 bridgehead atoms. The number of nitrogens with one attached hydrogen (secondary N) is 3. The highest BCUT2D eigenvalue weighted by Crippen LogP contribution is 2.36. The van der Waals surface area contributed by atoms with Crippen LogP contribution in [0, 0.1) is 13.8 Å². The Kier molecular flexibility index (Phi) is 9.86. The van der Waals surface area contributed by atoms with Gasteiger partial charge >= 0.3 is 12.3 Å². The summed E-state index contributed by atoms with van der Waals surface area (Å²) in [5.41, 5.74) is 1.47. The van der Waals surface area contributed by atoms with Crippen LogP contribution in [0.25, 0.3) is 22.0 Å². The van der Waals surface area contributed by atoms with Gasteiger partial charge in [0, 0.05) is 29.9 Å². The Balaban J connectivity index is 1.71. The molecule has 0 aliphatic heterocycles. The van der Waals surface area contributed by atoms with E-state index < -0.39 is 29.5 Å². The number of aromatic nitrogens is 3. The molecule has 12 heteroatoms. The molecule has 0 spiro atoms. The van der Waals surface area contributed by atoms with Crippen molar-refractivity contribution in [1.29, 1.82) is 0 Å². The first-order chi connectivity index (χ1) is 21.0. The largest absolute Gasteiger partial charge is 0.444 e. The van der Waals surface area contributed by atoms with Crippen molar-refractivity contribution in [2.45, 2.75) is 72.3 Å². The van der Waals surface area contributed by atoms with Gasteiger partial charge in [-0.1, -0.05) is 0 Å². The number of hydrogen-bond donors (Lipinski definition) is 3. The Bertz CT molecular complexity index is 1760. The zero-order valence-electron chi connectivity index (χ0n) is 26.5. The van der Waals surface area contributed by atoms with Gasteiger partial charge < -0.3 is 19.9 Å². The highest BCUT2D eigenvalue weighted by molar-refractivity contribution is 5.94. The van der Waals surface area contributed by atoms with Gasteiger partial charge in [-0.25, -0.2) is 14.8 Å². The first-order valence-corrected chi connectivity index (χ1v) is 14.7. The topological polar surface area (TPSA) is 110 Å². The van der Waals surface area contributed by atoms with Crippen molar-refractivity contribution in [2.24, 2.45) is 0 Å². The number of fused-ring (bicyclic) bond motifs is 1. The summed E-state index contributed by atoms with van der Waals surface area (Å²) < 4.78 is 48.5. The molecule has 0 radical (unpaired) electrons. The molecular formula is C33H39F3N6O3. The Morgan fingerprint density at radius 2 is 1.78 bits per heavy atom. The Hall–Kier alpha value is -4.45. The summed E-state index contributed by atoms with van der Waals surface area (Å²) in [4.78, 5) is 34.4. The van der Waals surface area contributed by atoms with Crippen LogP contribution in [0.2, 0.25) is 0 Å². The minimum atomic E-state index is -4.65. The number of carbonyl (C=O) groups excluding carboxylic acids is 1. The van der Waals surface area contributed by atoms with Crippen molar-refractivity contribution < 1.29 is 22.7 Å². The molecule has 0 aliphatic rings. The van der Waals surface area contributed by atoms with E-state index in [9.17, 15) is 22.8 Å². The van der Waals surface area contributed by atoms with Gasteiger partial charge in [0.2, 0.25) is 0 Å². The molecule has 0 fully saturated rings. The average Bonchev–Trinajstić information content (AvgIpc) is 2.92. The predicted octanol–water partition coefficient (Wildman–Crippen LogP) is 7.22. The fourth-order valence-electron chi connectivity index (χ4n) is 4.95. The molecule has 2 heterocycles. The summed E-state index contributed by atoms with van der Waals surface area (Å²) in [5.74, 6) is 0.899. The van der Waals surface area contributed by atoms with Crippen molar-refractivity contribution in [1.82, 2.24) is 19.9 Å². The average molecular weight is 625 g/mol. The number of ether oxygens (including phenoxy) is 1. The van der Waals surface area contributed by atoms with Gasteiger partial charge in [0.05, 0.1) is 17.1 Å². The van der Waals surface area contributed by atoms with Crippen molar-refractivity contribution in [2.75, 3.05) is 24.2 Å². The monoisotopic (exact) mass is 624 g/mol. The maximum absolute atomic E-state index is 13.9. The number of pyridine rings is 1. The number of rotatable bonds is 9. The van der Waals surface area contributed by atoms with Crippen LogP contribution < -0.4 is 21.5 Å². The first kappa shape index (κ1) is 33.4. The van der Waals surface area contributed by atoms with Gasteiger partial charge in [0.1, 0.15) is 17.2 Å². The highest BCUT2D eigenvalue weighted by Gasteiger charge is 2.32. The summed E-state index contributed by atoms with van der Waals surface area (Å²) in [7, 11) is 1.87. The Labute approximate surface area is 260 Å². The molecule has 1 atom stereocenters. The number of alkyl halides is 3. The SMILES string of the molecule is CNCCCn1ccc(-c2cc3c(N[C@H](C)c4cc(NC(=O)OC(C)(C)C)cc(C(F)(F)F)c4)nc(C)nc3cc2C)cc1=O. The second kappa shape index (κ2) is 13.3. The van der Waals surface area contributed by atoms with E-state index in [2.05, 4.69) is 25.9 Å². The Morgan fingerprint density at radius 1 is 1.04 bits per heavy atom. The molecule has 3 N–H and O–H groups in total. The van der Waals surface area contributed by atoms with Crippen LogP contribution in [0.15, 0.2) is 53.5 Å². The smallest absolute Gasteiger partial charge is 0.416 e. The van der Waals surface area contributed by atoms with Crippen LogP contribution in [-0.4, -0.2) is 39.8 Å². The third-order valence-electron chi connectivity index (χ3n) is 7.07.